The molecule has 20 heavy (non-hydrogen) atoms. The number of ether oxygens (including phenoxy) is 1. The van der Waals surface area contributed by atoms with Gasteiger partial charge in [-0.2, -0.15) is 8.78 Å². The van der Waals surface area contributed by atoms with Crippen LogP contribution in [0.5, 0.6) is 5.75 Å². The first kappa shape index (κ1) is 14.5. The van der Waals surface area contributed by atoms with Crippen LogP contribution in [0, 0.1) is 6.92 Å². The zero-order chi connectivity index (χ0) is 14.7. The third-order valence-corrected chi connectivity index (χ3v) is 3.04. The smallest absolute Gasteiger partial charge is 0.320 e. The van der Waals surface area contributed by atoms with Gasteiger partial charge in [-0.05, 0) is 31.0 Å². The fourth-order valence-electron chi connectivity index (χ4n) is 1.89. The molecule has 2 N–H and O–H groups in total. The maximum Gasteiger partial charge on any atom is 0.320 e. The van der Waals surface area contributed by atoms with Crippen molar-refractivity contribution in [2.45, 2.75) is 33.0 Å². The number of aromatic nitrogens is 2. The summed E-state index contributed by atoms with van der Waals surface area (Å²) in [5.74, 6) is 0.828. The van der Waals surface area contributed by atoms with Gasteiger partial charge in [0, 0.05) is 18.4 Å². The minimum Gasteiger partial charge on any atom is -0.485 e. The largest absolute Gasteiger partial charge is 0.485 e. The Hall–Kier alpha value is -1.95. The Morgan fingerprint density at radius 1 is 1.40 bits per heavy atom. The van der Waals surface area contributed by atoms with Crippen molar-refractivity contribution >= 4 is 0 Å². The quantitative estimate of drug-likeness (QED) is 0.915. The Kier molecular flexibility index (Phi) is 4.34. The molecule has 0 spiro atoms. The van der Waals surface area contributed by atoms with Gasteiger partial charge >= 0.3 is 6.55 Å². The summed E-state index contributed by atoms with van der Waals surface area (Å²) >= 11 is 0. The molecule has 2 aromatic rings. The second-order valence-electron chi connectivity index (χ2n) is 4.63. The molecule has 1 aromatic carbocycles. The van der Waals surface area contributed by atoms with Gasteiger partial charge in [-0.25, -0.2) is 4.98 Å². The number of hydrogen-bond donors (Lipinski definition) is 1. The number of nitrogens with zero attached hydrogens (tertiary/aromatic N) is 2. The molecule has 0 bridgehead atoms. The fraction of sp³-hybridized carbons (Fsp3) is 0.357. The van der Waals surface area contributed by atoms with Gasteiger partial charge in [0.1, 0.15) is 12.4 Å². The van der Waals surface area contributed by atoms with E-state index in [1.54, 1.807) is 6.07 Å². The van der Waals surface area contributed by atoms with Crippen LogP contribution in [-0.4, -0.2) is 9.55 Å². The first-order chi connectivity index (χ1) is 9.49. The highest BCUT2D eigenvalue weighted by atomic mass is 19.3. The van der Waals surface area contributed by atoms with Crippen molar-refractivity contribution in [2.24, 2.45) is 5.73 Å². The predicted octanol–water partition coefficient (Wildman–Crippen LogP) is 3.19. The van der Waals surface area contributed by atoms with E-state index < -0.39 is 6.55 Å². The number of benzene rings is 1. The molecule has 1 atom stereocenters. The molecule has 0 aliphatic carbocycles. The topological polar surface area (TPSA) is 53.1 Å². The minimum absolute atomic E-state index is 0.00426. The van der Waals surface area contributed by atoms with Gasteiger partial charge in [0.15, 0.2) is 5.82 Å². The second kappa shape index (κ2) is 6.00. The van der Waals surface area contributed by atoms with Crippen LogP contribution >= 0.6 is 0 Å². The standard InChI is InChI=1S/C14H17F2N3O/c1-9-7-11(10(2)17)3-4-12(9)20-8-13-18-5-6-19(13)14(15)16/h3-7,10,14H,8,17H2,1-2H3. The van der Waals surface area contributed by atoms with Gasteiger partial charge in [-0.15, -0.1) is 0 Å². The molecular weight excluding hydrogens is 264 g/mol. The van der Waals surface area contributed by atoms with Crippen molar-refractivity contribution in [3.8, 4) is 5.75 Å². The number of imidazole rings is 1. The monoisotopic (exact) mass is 281 g/mol. The van der Waals surface area contributed by atoms with Gasteiger partial charge in [0.05, 0.1) is 0 Å². The summed E-state index contributed by atoms with van der Waals surface area (Å²) in [6.07, 6.45) is 2.56. The van der Waals surface area contributed by atoms with Crippen molar-refractivity contribution < 1.29 is 13.5 Å². The average Bonchev–Trinajstić information content (AvgIpc) is 2.85. The molecule has 0 radical (unpaired) electrons. The van der Waals surface area contributed by atoms with Gasteiger partial charge in [-0.1, -0.05) is 12.1 Å². The Balaban J connectivity index is 2.09. The van der Waals surface area contributed by atoms with E-state index in [0.29, 0.717) is 5.75 Å². The molecule has 4 nitrogen and oxygen atoms in total. The molecule has 1 heterocycles. The molecule has 0 aliphatic heterocycles. The number of rotatable bonds is 5. The molecule has 6 heteroatoms. The molecule has 0 aliphatic rings. The van der Waals surface area contributed by atoms with Gasteiger partial charge in [-0.3, -0.25) is 4.57 Å². The van der Waals surface area contributed by atoms with Crippen molar-refractivity contribution in [1.29, 1.82) is 0 Å². The van der Waals surface area contributed by atoms with Gasteiger partial charge in [0.25, 0.3) is 0 Å². The third kappa shape index (κ3) is 3.14. The van der Waals surface area contributed by atoms with Crippen LogP contribution in [0.1, 0.15) is 36.5 Å². The van der Waals surface area contributed by atoms with Crippen LogP contribution in [0.3, 0.4) is 0 Å². The van der Waals surface area contributed by atoms with Gasteiger partial charge < -0.3 is 10.5 Å². The number of aryl methyl sites for hydroxylation is 1. The van der Waals surface area contributed by atoms with Crippen molar-refractivity contribution in [1.82, 2.24) is 9.55 Å². The first-order valence-electron chi connectivity index (χ1n) is 6.28. The van der Waals surface area contributed by atoms with Crippen LogP contribution in [0.4, 0.5) is 8.78 Å². The Labute approximate surface area is 116 Å². The SMILES string of the molecule is Cc1cc(C(C)N)ccc1OCc1nccn1C(F)F. The maximum atomic E-state index is 12.7. The number of alkyl halides is 2. The number of hydrogen-bond acceptors (Lipinski definition) is 3. The van der Waals surface area contributed by atoms with Crippen LogP contribution in [-0.2, 0) is 6.61 Å². The lowest BCUT2D eigenvalue weighted by Gasteiger charge is -2.13. The highest BCUT2D eigenvalue weighted by Gasteiger charge is 2.12. The fourth-order valence-corrected chi connectivity index (χ4v) is 1.89. The van der Waals surface area contributed by atoms with Crippen molar-refractivity contribution in [3.05, 3.63) is 47.5 Å². The molecule has 1 aromatic heterocycles. The summed E-state index contributed by atoms with van der Waals surface area (Å²) < 4.78 is 31.7. The van der Waals surface area contributed by atoms with E-state index in [-0.39, 0.29) is 18.5 Å². The molecule has 2 rings (SSSR count). The van der Waals surface area contributed by atoms with E-state index >= 15 is 0 Å². The lowest BCUT2D eigenvalue weighted by atomic mass is 10.1. The van der Waals surface area contributed by atoms with Crippen molar-refractivity contribution in [3.63, 3.8) is 0 Å². The Bertz CT molecular complexity index is 582. The van der Waals surface area contributed by atoms with E-state index in [2.05, 4.69) is 4.98 Å². The molecular formula is C14H17F2N3O. The summed E-state index contributed by atoms with van der Waals surface area (Å²) in [6.45, 7) is 1.17. The maximum absolute atomic E-state index is 12.7. The highest BCUT2D eigenvalue weighted by molar-refractivity contribution is 5.37. The number of halogens is 2. The molecule has 0 saturated heterocycles. The first-order valence-corrected chi connectivity index (χ1v) is 6.28. The molecule has 0 fully saturated rings. The van der Waals surface area contributed by atoms with E-state index in [4.69, 9.17) is 10.5 Å². The zero-order valence-corrected chi connectivity index (χ0v) is 11.4. The Morgan fingerprint density at radius 2 is 2.15 bits per heavy atom. The summed E-state index contributed by atoms with van der Waals surface area (Å²) in [5.41, 5.74) is 7.72. The average molecular weight is 281 g/mol. The summed E-state index contributed by atoms with van der Waals surface area (Å²) in [7, 11) is 0. The summed E-state index contributed by atoms with van der Waals surface area (Å²) in [4.78, 5) is 3.87. The molecule has 1 unspecified atom stereocenters. The zero-order valence-electron chi connectivity index (χ0n) is 11.4. The van der Waals surface area contributed by atoms with Crippen LogP contribution in [0.2, 0.25) is 0 Å². The predicted molar refractivity (Wildman–Crippen MR) is 71.6 cm³/mol. The van der Waals surface area contributed by atoms with Crippen molar-refractivity contribution in [2.75, 3.05) is 0 Å². The lowest BCUT2D eigenvalue weighted by molar-refractivity contribution is 0.0632. The summed E-state index contributed by atoms with van der Waals surface area (Å²) in [5, 5.41) is 0. The number of nitrogens with two attached hydrogens (primary N) is 1. The van der Waals surface area contributed by atoms with Crippen LogP contribution in [0.15, 0.2) is 30.6 Å². The van der Waals surface area contributed by atoms with E-state index in [1.807, 2.05) is 26.0 Å². The van der Waals surface area contributed by atoms with Gasteiger partial charge in [0.2, 0.25) is 0 Å². The lowest BCUT2D eigenvalue weighted by Crippen LogP contribution is -2.08. The Morgan fingerprint density at radius 3 is 2.75 bits per heavy atom. The molecule has 108 valence electrons. The van der Waals surface area contributed by atoms with E-state index in [9.17, 15) is 8.78 Å². The normalized spacial score (nSPS) is 12.7. The second-order valence-corrected chi connectivity index (χ2v) is 4.63. The highest BCUT2D eigenvalue weighted by Crippen LogP contribution is 2.23. The molecule has 0 amide bonds. The van der Waals surface area contributed by atoms with Crippen LogP contribution in [0.25, 0.3) is 0 Å². The minimum atomic E-state index is -2.61. The third-order valence-electron chi connectivity index (χ3n) is 3.04. The summed E-state index contributed by atoms with van der Waals surface area (Å²) in [6, 6.07) is 5.54. The van der Waals surface area contributed by atoms with Crippen LogP contribution < -0.4 is 10.5 Å². The molecule has 0 saturated carbocycles. The van der Waals surface area contributed by atoms with E-state index in [1.165, 1.54) is 12.4 Å². The van der Waals surface area contributed by atoms with E-state index in [0.717, 1.165) is 15.7 Å².